The number of H-pyrrole nitrogens is 1. The van der Waals surface area contributed by atoms with Gasteiger partial charge in [-0.05, 0) is 48.1 Å². The average molecular weight is 456 g/mol. The molecule has 4 rings (SSSR count). The van der Waals surface area contributed by atoms with E-state index in [-0.39, 0.29) is 0 Å². The molecule has 0 radical (unpaired) electrons. The van der Waals surface area contributed by atoms with E-state index >= 15 is 0 Å². The number of nitrogens with zero attached hydrogens (tertiary/aromatic N) is 6. The van der Waals surface area contributed by atoms with Crippen LogP contribution in [0.1, 0.15) is 11.3 Å². The topological polar surface area (TPSA) is 76.7 Å². The van der Waals surface area contributed by atoms with Gasteiger partial charge in [0, 0.05) is 16.8 Å². The summed E-state index contributed by atoms with van der Waals surface area (Å²) in [6.07, 6.45) is 7.00. The molecule has 150 valence electrons. The minimum absolute atomic E-state index is 0.342. The minimum atomic E-state index is 0.342. The zero-order valence-electron chi connectivity index (χ0n) is 15.5. The molecule has 10 heteroatoms. The van der Waals surface area contributed by atoms with Crippen molar-refractivity contribution < 1.29 is 0 Å². The van der Waals surface area contributed by atoms with Crippen LogP contribution in [0.5, 0.6) is 0 Å². The molecule has 7 nitrogen and oxygen atoms in total. The smallest absolute Gasteiger partial charge is 0.216 e. The Bertz CT molecular complexity index is 1270. The van der Waals surface area contributed by atoms with Crippen molar-refractivity contribution in [3.8, 4) is 11.4 Å². The van der Waals surface area contributed by atoms with E-state index in [0.29, 0.717) is 38.4 Å². The Morgan fingerprint density at radius 2 is 1.97 bits per heavy atom. The van der Waals surface area contributed by atoms with Gasteiger partial charge >= 0.3 is 0 Å². The Labute approximate surface area is 187 Å². The standard InChI is InChI=1S/C20H15Cl2N7S/c21-15-8-9-17(18(22)11-15)19-25-26-20(30)29(19)23-10-4-7-16-13-28(27-24-16)12-14-5-2-1-3-6-14/h1-11,13H,12H2,(H,26,30)/b7-4+,23-10+. The van der Waals surface area contributed by atoms with Crippen molar-refractivity contribution in [3.63, 3.8) is 0 Å². The Morgan fingerprint density at radius 1 is 1.13 bits per heavy atom. The number of allylic oxidation sites excluding steroid dienone is 1. The van der Waals surface area contributed by atoms with Crippen LogP contribution in [0.4, 0.5) is 0 Å². The maximum atomic E-state index is 6.28. The molecule has 2 heterocycles. The molecule has 0 fully saturated rings. The van der Waals surface area contributed by atoms with E-state index in [1.165, 1.54) is 4.68 Å². The summed E-state index contributed by atoms with van der Waals surface area (Å²) in [6, 6.07) is 15.2. The molecular weight excluding hydrogens is 441 g/mol. The van der Waals surface area contributed by atoms with Gasteiger partial charge in [0.15, 0.2) is 5.82 Å². The Morgan fingerprint density at radius 3 is 2.77 bits per heavy atom. The van der Waals surface area contributed by atoms with Gasteiger partial charge in [-0.1, -0.05) is 58.7 Å². The highest BCUT2D eigenvalue weighted by molar-refractivity contribution is 7.71. The summed E-state index contributed by atoms with van der Waals surface area (Å²) in [4.78, 5) is 0. The van der Waals surface area contributed by atoms with E-state index in [0.717, 1.165) is 5.56 Å². The lowest BCUT2D eigenvalue weighted by Gasteiger charge is -2.03. The van der Waals surface area contributed by atoms with E-state index in [2.05, 4.69) is 25.6 Å². The Balaban J connectivity index is 1.48. The van der Waals surface area contributed by atoms with E-state index in [1.807, 2.05) is 36.5 Å². The first-order valence-corrected chi connectivity index (χ1v) is 10.0. The molecule has 0 amide bonds. The zero-order chi connectivity index (χ0) is 20.9. The highest BCUT2D eigenvalue weighted by Crippen LogP contribution is 2.29. The summed E-state index contributed by atoms with van der Waals surface area (Å²) >= 11 is 17.5. The van der Waals surface area contributed by atoms with Crippen molar-refractivity contribution in [1.29, 1.82) is 0 Å². The summed E-state index contributed by atoms with van der Waals surface area (Å²) in [6.45, 7) is 0.658. The van der Waals surface area contributed by atoms with Crippen LogP contribution in [0.3, 0.4) is 0 Å². The second kappa shape index (κ2) is 9.17. The second-order valence-electron chi connectivity index (χ2n) is 6.24. The number of aromatic nitrogens is 6. The number of hydrogen-bond donors (Lipinski definition) is 1. The average Bonchev–Trinajstić information content (AvgIpc) is 3.33. The van der Waals surface area contributed by atoms with Gasteiger partial charge in [0.25, 0.3) is 0 Å². The first-order valence-electron chi connectivity index (χ1n) is 8.88. The van der Waals surface area contributed by atoms with Crippen LogP contribution in [0.2, 0.25) is 10.0 Å². The normalized spacial score (nSPS) is 11.7. The molecule has 0 saturated heterocycles. The minimum Gasteiger partial charge on any atom is -0.250 e. The second-order valence-corrected chi connectivity index (χ2v) is 7.47. The van der Waals surface area contributed by atoms with E-state index < -0.39 is 0 Å². The molecule has 1 N–H and O–H groups in total. The number of rotatable bonds is 6. The van der Waals surface area contributed by atoms with E-state index in [1.54, 1.807) is 41.2 Å². The van der Waals surface area contributed by atoms with Gasteiger partial charge in [-0.2, -0.15) is 14.9 Å². The van der Waals surface area contributed by atoms with Crippen molar-refractivity contribution in [2.75, 3.05) is 0 Å². The maximum absolute atomic E-state index is 6.28. The van der Waals surface area contributed by atoms with Gasteiger partial charge in [0.05, 0.1) is 17.8 Å². The summed E-state index contributed by atoms with van der Waals surface area (Å²) in [5, 5.41) is 20.6. The van der Waals surface area contributed by atoms with Crippen LogP contribution in [0.25, 0.3) is 17.5 Å². The highest BCUT2D eigenvalue weighted by Gasteiger charge is 2.12. The van der Waals surface area contributed by atoms with Crippen molar-refractivity contribution in [3.05, 3.63) is 86.9 Å². The number of nitrogens with one attached hydrogen (secondary N) is 1. The summed E-state index contributed by atoms with van der Waals surface area (Å²) in [7, 11) is 0. The summed E-state index contributed by atoms with van der Waals surface area (Å²) in [5.74, 6) is 0.486. The molecule has 4 aromatic rings. The molecule has 0 aliphatic heterocycles. The lowest BCUT2D eigenvalue weighted by Crippen LogP contribution is -1.99. The molecular formula is C20H15Cl2N7S. The van der Waals surface area contributed by atoms with Crippen LogP contribution >= 0.6 is 35.4 Å². The molecule has 2 aromatic heterocycles. The Hall–Kier alpha value is -3.07. The predicted molar refractivity (Wildman–Crippen MR) is 121 cm³/mol. The molecule has 0 aliphatic rings. The lowest BCUT2D eigenvalue weighted by molar-refractivity contribution is 0.649. The van der Waals surface area contributed by atoms with Crippen molar-refractivity contribution in [2.24, 2.45) is 5.10 Å². The fourth-order valence-corrected chi connectivity index (χ4v) is 3.40. The third-order valence-corrected chi connectivity index (χ3v) is 4.91. The van der Waals surface area contributed by atoms with Crippen LogP contribution in [0.15, 0.2) is 65.9 Å². The largest absolute Gasteiger partial charge is 0.250 e. The SMILES string of the molecule is S=c1[nH]nc(-c2ccc(Cl)cc2Cl)n1/N=C/C=C/c1cn(Cc2ccccc2)nn1. The zero-order valence-corrected chi connectivity index (χ0v) is 17.8. The van der Waals surface area contributed by atoms with Gasteiger partial charge in [0.1, 0.15) is 5.69 Å². The van der Waals surface area contributed by atoms with Gasteiger partial charge in [-0.3, -0.25) is 0 Å². The predicted octanol–water partition coefficient (Wildman–Crippen LogP) is 5.10. The van der Waals surface area contributed by atoms with Crippen molar-refractivity contribution in [2.45, 2.75) is 6.54 Å². The maximum Gasteiger partial charge on any atom is 0.216 e. The molecule has 0 bridgehead atoms. The molecule has 0 unspecified atom stereocenters. The van der Waals surface area contributed by atoms with E-state index in [9.17, 15) is 0 Å². The quantitative estimate of drug-likeness (QED) is 0.324. The number of hydrogen-bond acceptors (Lipinski definition) is 5. The first-order chi connectivity index (χ1) is 14.6. The number of aromatic amines is 1. The van der Waals surface area contributed by atoms with Crippen LogP contribution < -0.4 is 0 Å². The third-order valence-electron chi connectivity index (χ3n) is 4.10. The Kier molecular flexibility index (Phi) is 6.18. The third kappa shape index (κ3) is 4.73. The summed E-state index contributed by atoms with van der Waals surface area (Å²) < 4.78 is 3.61. The van der Waals surface area contributed by atoms with Gasteiger partial charge in [0.2, 0.25) is 4.77 Å². The molecule has 0 aliphatic carbocycles. The molecule has 0 spiro atoms. The fraction of sp³-hybridized carbons (Fsp3) is 0.0500. The molecule has 0 atom stereocenters. The number of halogens is 2. The summed E-state index contributed by atoms with van der Waals surface area (Å²) in [5.41, 5.74) is 2.54. The lowest BCUT2D eigenvalue weighted by atomic mass is 10.2. The van der Waals surface area contributed by atoms with Crippen LogP contribution in [0, 0.1) is 4.77 Å². The fourth-order valence-electron chi connectivity index (χ4n) is 2.73. The van der Waals surface area contributed by atoms with Gasteiger partial charge in [-0.25, -0.2) is 9.78 Å². The molecule has 0 saturated carbocycles. The van der Waals surface area contributed by atoms with Crippen LogP contribution in [-0.4, -0.2) is 36.1 Å². The molecule has 30 heavy (non-hydrogen) atoms. The van der Waals surface area contributed by atoms with Gasteiger partial charge < -0.3 is 0 Å². The van der Waals surface area contributed by atoms with Crippen molar-refractivity contribution in [1.82, 2.24) is 29.9 Å². The van der Waals surface area contributed by atoms with Crippen LogP contribution in [-0.2, 0) is 6.54 Å². The monoisotopic (exact) mass is 455 g/mol. The first kappa shape index (κ1) is 20.2. The highest BCUT2D eigenvalue weighted by atomic mass is 35.5. The van der Waals surface area contributed by atoms with Crippen molar-refractivity contribution >= 4 is 47.7 Å². The van der Waals surface area contributed by atoms with Gasteiger partial charge in [-0.15, -0.1) is 5.10 Å². The number of benzene rings is 2. The molecule has 2 aromatic carbocycles. The van der Waals surface area contributed by atoms with E-state index in [4.69, 9.17) is 35.4 Å².